The van der Waals surface area contributed by atoms with E-state index < -0.39 is 0 Å². The number of hydrogen-bond acceptors (Lipinski definition) is 2. The molecule has 0 N–H and O–H groups in total. The molecule has 0 spiro atoms. The molecule has 6 rings (SSSR count). The summed E-state index contributed by atoms with van der Waals surface area (Å²) in [5.74, 6) is 9.75. The number of ether oxygens (including phenoxy) is 2. The highest BCUT2D eigenvalue weighted by atomic mass is 16.5. The minimum atomic E-state index is 0.785. The van der Waals surface area contributed by atoms with Gasteiger partial charge in [-0.1, -0.05) is 95.9 Å². The molecule has 0 radical (unpaired) electrons. The van der Waals surface area contributed by atoms with E-state index in [0.29, 0.717) is 0 Å². The van der Waals surface area contributed by atoms with E-state index in [4.69, 9.17) is 9.47 Å². The number of methoxy groups -OCH3 is 2. The van der Waals surface area contributed by atoms with Crippen LogP contribution in [0, 0.1) is 35.5 Å². The predicted molar refractivity (Wildman–Crippen MR) is 201 cm³/mol. The second-order valence-electron chi connectivity index (χ2n) is 16.3. The first kappa shape index (κ1) is 36.3. The van der Waals surface area contributed by atoms with Crippen molar-refractivity contribution in [1.82, 2.24) is 0 Å². The van der Waals surface area contributed by atoms with Crippen molar-refractivity contribution in [3.8, 4) is 11.5 Å². The highest BCUT2D eigenvalue weighted by molar-refractivity contribution is 5.30. The van der Waals surface area contributed by atoms with Crippen LogP contribution in [0.25, 0.3) is 0 Å². The Morgan fingerprint density at radius 2 is 0.766 bits per heavy atom. The fourth-order valence-electron chi connectivity index (χ4n) is 10.4. The van der Waals surface area contributed by atoms with Crippen LogP contribution in [0.1, 0.15) is 172 Å². The van der Waals surface area contributed by atoms with Gasteiger partial charge >= 0.3 is 0 Å². The molecule has 0 atom stereocenters. The fourth-order valence-corrected chi connectivity index (χ4v) is 10.4. The summed E-state index contributed by atoms with van der Waals surface area (Å²) in [6, 6.07) is 17.6. The number of rotatable bonds is 11. The molecule has 2 aromatic carbocycles. The molecule has 0 aliphatic heterocycles. The summed E-state index contributed by atoms with van der Waals surface area (Å²) >= 11 is 0. The maximum Gasteiger partial charge on any atom is 0.118 e. The van der Waals surface area contributed by atoms with Gasteiger partial charge in [-0.25, -0.2) is 0 Å². The van der Waals surface area contributed by atoms with Gasteiger partial charge in [0.25, 0.3) is 0 Å². The molecule has 0 amide bonds. The molecular weight excluding hydrogens is 572 g/mol. The molecule has 0 heterocycles. The molecule has 0 unspecified atom stereocenters. The predicted octanol–water partition coefficient (Wildman–Crippen LogP) is 13.5. The lowest BCUT2D eigenvalue weighted by Crippen LogP contribution is -2.25. The van der Waals surface area contributed by atoms with E-state index in [9.17, 15) is 0 Å². The van der Waals surface area contributed by atoms with Crippen molar-refractivity contribution >= 4 is 0 Å². The molecule has 4 aliphatic rings. The highest BCUT2D eigenvalue weighted by Crippen LogP contribution is 2.46. The van der Waals surface area contributed by atoms with E-state index >= 15 is 0 Å². The zero-order valence-electron chi connectivity index (χ0n) is 30.9. The second kappa shape index (κ2) is 19.3. The maximum absolute atomic E-state index is 5.29. The average molecular weight is 643 g/mol. The van der Waals surface area contributed by atoms with E-state index in [-0.39, 0.29) is 0 Å². The van der Waals surface area contributed by atoms with Crippen LogP contribution >= 0.6 is 0 Å². The smallest absolute Gasteiger partial charge is 0.118 e. The molecule has 2 aromatic rings. The van der Waals surface area contributed by atoms with Gasteiger partial charge in [-0.3, -0.25) is 0 Å². The summed E-state index contributed by atoms with van der Waals surface area (Å²) in [5, 5.41) is 0. The van der Waals surface area contributed by atoms with Gasteiger partial charge in [-0.2, -0.15) is 0 Å². The minimum absolute atomic E-state index is 0.785. The summed E-state index contributed by atoms with van der Waals surface area (Å²) in [6.45, 7) is 4.67. The van der Waals surface area contributed by atoms with E-state index in [0.717, 1.165) is 58.8 Å². The Bertz CT molecular complexity index is 1090. The van der Waals surface area contributed by atoms with Gasteiger partial charge in [-0.15, -0.1) is 0 Å². The Kier molecular flexibility index (Phi) is 14.9. The van der Waals surface area contributed by atoms with Crippen LogP contribution in [0.15, 0.2) is 48.5 Å². The maximum atomic E-state index is 5.29. The van der Waals surface area contributed by atoms with Gasteiger partial charge in [0.05, 0.1) is 14.2 Å². The standard InChI is InChI=1S/C23H36O.C22H34O/c1-3-4-5-18-6-8-19(9-7-18)20-10-12-21(13-11-20)22-14-16-23(24-2)17-15-22;1-3-4-17-5-7-18(8-6-17)19-9-11-20(12-10-19)21-13-15-22(23-2)16-14-21/h14-21H,3-13H2,1-2H3;13-20H,3-12H2,1-2H3. The summed E-state index contributed by atoms with van der Waals surface area (Å²) in [6.07, 6.45) is 30.7. The second-order valence-corrected chi connectivity index (χ2v) is 16.3. The Balaban J connectivity index is 0.000000185. The van der Waals surface area contributed by atoms with E-state index in [1.165, 1.54) is 146 Å². The van der Waals surface area contributed by atoms with Gasteiger partial charge in [0.2, 0.25) is 0 Å². The molecule has 4 saturated carbocycles. The molecule has 262 valence electrons. The third-order valence-corrected chi connectivity index (χ3v) is 13.5. The lowest BCUT2D eigenvalue weighted by Gasteiger charge is -2.38. The molecule has 47 heavy (non-hydrogen) atoms. The Hall–Kier alpha value is -1.96. The van der Waals surface area contributed by atoms with Gasteiger partial charge in [0.1, 0.15) is 11.5 Å². The van der Waals surface area contributed by atoms with E-state index in [1.54, 1.807) is 14.2 Å². The van der Waals surface area contributed by atoms with Gasteiger partial charge in [-0.05, 0) is 160 Å². The largest absolute Gasteiger partial charge is 0.497 e. The molecule has 4 fully saturated rings. The molecule has 4 aliphatic carbocycles. The van der Waals surface area contributed by atoms with E-state index in [2.05, 4.69) is 62.4 Å². The average Bonchev–Trinajstić information content (AvgIpc) is 3.15. The van der Waals surface area contributed by atoms with Crippen LogP contribution in [-0.2, 0) is 0 Å². The first-order valence-electron chi connectivity index (χ1n) is 20.4. The van der Waals surface area contributed by atoms with E-state index in [1.807, 2.05) is 0 Å². The van der Waals surface area contributed by atoms with Crippen LogP contribution in [0.5, 0.6) is 11.5 Å². The normalized spacial score (nSPS) is 31.3. The summed E-state index contributed by atoms with van der Waals surface area (Å²) < 4.78 is 10.6. The summed E-state index contributed by atoms with van der Waals surface area (Å²) in [5.41, 5.74) is 3.05. The van der Waals surface area contributed by atoms with Crippen molar-refractivity contribution < 1.29 is 9.47 Å². The van der Waals surface area contributed by atoms with Crippen LogP contribution in [0.4, 0.5) is 0 Å². The molecule has 2 heteroatoms. The van der Waals surface area contributed by atoms with Crippen molar-refractivity contribution in [3.63, 3.8) is 0 Å². The SMILES string of the molecule is CCCC1CCC(C2CCC(c3ccc(OC)cc3)CC2)CC1.CCCCC1CCC(C2CCC(c3ccc(OC)cc3)CC2)CC1. The van der Waals surface area contributed by atoms with Crippen molar-refractivity contribution in [2.24, 2.45) is 35.5 Å². The Labute approximate surface area is 290 Å². The van der Waals surface area contributed by atoms with Gasteiger partial charge in [0.15, 0.2) is 0 Å². The Morgan fingerprint density at radius 3 is 1.09 bits per heavy atom. The van der Waals surface area contributed by atoms with Crippen molar-refractivity contribution in [3.05, 3.63) is 59.7 Å². The first-order chi connectivity index (χ1) is 23.1. The van der Waals surface area contributed by atoms with Crippen LogP contribution in [0.2, 0.25) is 0 Å². The van der Waals surface area contributed by atoms with Gasteiger partial charge in [0, 0.05) is 0 Å². The number of hydrogen-bond donors (Lipinski definition) is 0. The zero-order chi connectivity index (χ0) is 32.8. The lowest BCUT2D eigenvalue weighted by atomic mass is 9.68. The lowest BCUT2D eigenvalue weighted by molar-refractivity contribution is 0.156. The highest BCUT2D eigenvalue weighted by Gasteiger charge is 2.32. The van der Waals surface area contributed by atoms with Crippen LogP contribution in [-0.4, -0.2) is 14.2 Å². The van der Waals surface area contributed by atoms with Crippen molar-refractivity contribution in [2.75, 3.05) is 14.2 Å². The minimum Gasteiger partial charge on any atom is -0.497 e. The molecule has 2 nitrogen and oxygen atoms in total. The Morgan fingerprint density at radius 1 is 0.426 bits per heavy atom. The zero-order valence-corrected chi connectivity index (χ0v) is 30.9. The fraction of sp³-hybridized carbons (Fsp3) is 0.733. The summed E-state index contributed by atoms with van der Waals surface area (Å²) in [4.78, 5) is 0. The van der Waals surface area contributed by atoms with Crippen molar-refractivity contribution in [2.45, 2.75) is 161 Å². The number of benzene rings is 2. The monoisotopic (exact) mass is 643 g/mol. The number of unbranched alkanes of at least 4 members (excludes halogenated alkanes) is 1. The topological polar surface area (TPSA) is 18.5 Å². The molecule has 0 aromatic heterocycles. The van der Waals surface area contributed by atoms with Crippen molar-refractivity contribution in [1.29, 1.82) is 0 Å². The third-order valence-electron chi connectivity index (χ3n) is 13.5. The third kappa shape index (κ3) is 10.8. The molecule has 0 bridgehead atoms. The first-order valence-corrected chi connectivity index (χ1v) is 20.4. The molecular formula is C45H70O2. The van der Waals surface area contributed by atoms with Gasteiger partial charge < -0.3 is 9.47 Å². The quantitative estimate of drug-likeness (QED) is 0.243. The van der Waals surface area contributed by atoms with Crippen LogP contribution in [0.3, 0.4) is 0 Å². The molecule has 0 saturated heterocycles. The summed E-state index contributed by atoms with van der Waals surface area (Å²) in [7, 11) is 3.49. The van der Waals surface area contributed by atoms with Crippen LogP contribution < -0.4 is 9.47 Å².